The van der Waals surface area contributed by atoms with Crippen molar-refractivity contribution in [2.45, 2.75) is 32.4 Å². The number of nitrogens with zero attached hydrogens (tertiary/aromatic N) is 1. The molecule has 1 atom stereocenters. The van der Waals surface area contributed by atoms with Gasteiger partial charge < -0.3 is 9.32 Å². The van der Waals surface area contributed by atoms with Crippen LogP contribution in [0.3, 0.4) is 0 Å². The molecule has 1 N–H and O–H groups in total. The maximum Gasteiger partial charge on any atom is 0.239 e. The number of amides is 1. The van der Waals surface area contributed by atoms with E-state index in [4.69, 9.17) is 4.42 Å². The maximum atomic E-state index is 11.9. The van der Waals surface area contributed by atoms with Gasteiger partial charge in [-0.2, -0.15) is 0 Å². The van der Waals surface area contributed by atoms with E-state index in [0.29, 0.717) is 6.54 Å². The Hall–Kier alpha value is -1.29. The van der Waals surface area contributed by atoms with Gasteiger partial charge in [-0.15, -0.1) is 0 Å². The summed E-state index contributed by atoms with van der Waals surface area (Å²) in [6.07, 6.45) is 3.91. The number of rotatable bonds is 4. The Morgan fingerprint density at radius 3 is 2.94 bits per heavy atom. The van der Waals surface area contributed by atoms with Crippen LogP contribution in [-0.2, 0) is 11.3 Å². The van der Waals surface area contributed by atoms with Gasteiger partial charge in [0, 0.05) is 13.1 Å². The first-order chi connectivity index (χ1) is 7.77. The zero-order valence-electron chi connectivity index (χ0n) is 9.61. The van der Waals surface area contributed by atoms with Crippen LogP contribution in [0.15, 0.2) is 22.8 Å². The first-order valence-electron chi connectivity index (χ1n) is 5.82. The quantitative estimate of drug-likeness (QED) is 0.837. The van der Waals surface area contributed by atoms with E-state index in [9.17, 15) is 4.79 Å². The minimum atomic E-state index is -0.136. The molecule has 0 saturated carbocycles. The van der Waals surface area contributed by atoms with Crippen molar-refractivity contribution in [2.75, 3.05) is 13.1 Å². The topological polar surface area (TPSA) is 45.5 Å². The summed E-state index contributed by atoms with van der Waals surface area (Å²) in [5.74, 6) is 1.06. The molecule has 0 spiro atoms. The molecule has 1 fully saturated rings. The molecule has 0 aromatic carbocycles. The highest BCUT2D eigenvalue weighted by molar-refractivity contribution is 5.81. The van der Waals surface area contributed by atoms with Gasteiger partial charge in [0.1, 0.15) is 5.76 Å². The van der Waals surface area contributed by atoms with Crippen LogP contribution in [0, 0.1) is 0 Å². The molecular formula is C12H18N2O2. The zero-order chi connectivity index (χ0) is 11.4. The molecule has 0 radical (unpaired) electrons. The van der Waals surface area contributed by atoms with Crippen molar-refractivity contribution < 1.29 is 9.21 Å². The third-order valence-electron chi connectivity index (χ3n) is 2.95. The van der Waals surface area contributed by atoms with E-state index in [1.54, 1.807) is 6.26 Å². The largest absolute Gasteiger partial charge is 0.468 e. The maximum absolute atomic E-state index is 11.9. The third kappa shape index (κ3) is 2.64. The lowest BCUT2D eigenvalue weighted by Crippen LogP contribution is -2.43. The standard InChI is InChI=1S/C12H18N2O2/c1-10(12(15)14-6-2-3-7-14)13-9-11-5-4-8-16-11/h4-5,8,10,13H,2-3,6-7,9H2,1H3. The van der Waals surface area contributed by atoms with Gasteiger partial charge in [0.05, 0.1) is 18.8 Å². The Bertz CT molecular complexity index is 329. The number of carbonyl (C=O) groups excluding carboxylic acids is 1. The molecule has 0 bridgehead atoms. The smallest absolute Gasteiger partial charge is 0.239 e. The number of hydrogen-bond acceptors (Lipinski definition) is 3. The number of hydrogen-bond donors (Lipinski definition) is 1. The third-order valence-corrected chi connectivity index (χ3v) is 2.95. The second-order valence-corrected chi connectivity index (χ2v) is 4.21. The first-order valence-corrected chi connectivity index (χ1v) is 5.82. The van der Waals surface area contributed by atoms with Crippen LogP contribution < -0.4 is 5.32 Å². The first kappa shape index (κ1) is 11.2. The SMILES string of the molecule is CC(NCc1ccco1)C(=O)N1CCCC1. The summed E-state index contributed by atoms with van der Waals surface area (Å²) >= 11 is 0. The monoisotopic (exact) mass is 222 g/mol. The van der Waals surface area contributed by atoms with Gasteiger partial charge in [-0.25, -0.2) is 0 Å². The molecule has 88 valence electrons. The van der Waals surface area contributed by atoms with E-state index in [1.165, 1.54) is 0 Å². The molecule has 4 heteroatoms. The summed E-state index contributed by atoms with van der Waals surface area (Å²) < 4.78 is 5.20. The van der Waals surface area contributed by atoms with Gasteiger partial charge in [0.25, 0.3) is 0 Å². The Morgan fingerprint density at radius 2 is 2.31 bits per heavy atom. The lowest BCUT2D eigenvalue weighted by Gasteiger charge is -2.20. The van der Waals surface area contributed by atoms with Gasteiger partial charge in [0.2, 0.25) is 5.91 Å². The van der Waals surface area contributed by atoms with Gasteiger partial charge in [0.15, 0.2) is 0 Å². The summed E-state index contributed by atoms with van der Waals surface area (Å²) in [5.41, 5.74) is 0. The van der Waals surface area contributed by atoms with Crippen molar-refractivity contribution in [1.82, 2.24) is 10.2 Å². The fourth-order valence-electron chi connectivity index (χ4n) is 1.97. The number of furan rings is 1. The van der Waals surface area contributed by atoms with Crippen LogP contribution in [0.1, 0.15) is 25.5 Å². The fraction of sp³-hybridized carbons (Fsp3) is 0.583. The predicted molar refractivity (Wildman–Crippen MR) is 60.8 cm³/mol. The number of likely N-dealkylation sites (tertiary alicyclic amines) is 1. The van der Waals surface area contributed by atoms with Crippen LogP contribution in [0.4, 0.5) is 0 Å². The highest BCUT2D eigenvalue weighted by Gasteiger charge is 2.22. The summed E-state index contributed by atoms with van der Waals surface area (Å²) in [6.45, 7) is 4.33. The molecule has 4 nitrogen and oxygen atoms in total. The minimum Gasteiger partial charge on any atom is -0.468 e. The Labute approximate surface area is 95.6 Å². The molecule has 2 heterocycles. The second kappa shape index (κ2) is 5.16. The van der Waals surface area contributed by atoms with E-state index in [1.807, 2.05) is 24.0 Å². The Balaban J connectivity index is 1.78. The minimum absolute atomic E-state index is 0.136. The van der Waals surface area contributed by atoms with Crippen molar-refractivity contribution in [3.63, 3.8) is 0 Å². The van der Waals surface area contributed by atoms with E-state index in [0.717, 1.165) is 31.7 Å². The fourth-order valence-corrected chi connectivity index (χ4v) is 1.97. The summed E-state index contributed by atoms with van der Waals surface area (Å²) in [7, 11) is 0. The summed E-state index contributed by atoms with van der Waals surface area (Å²) in [4.78, 5) is 13.9. The summed E-state index contributed by atoms with van der Waals surface area (Å²) in [6, 6.07) is 3.62. The summed E-state index contributed by atoms with van der Waals surface area (Å²) in [5, 5.41) is 3.18. The molecule has 1 unspecified atom stereocenters. The highest BCUT2D eigenvalue weighted by atomic mass is 16.3. The van der Waals surface area contributed by atoms with Crippen molar-refractivity contribution in [3.05, 3.63) is 24.2 Å². The van der Waals surface area contributed by atoms with E-state index >= 15 is 0 Å². The van der Waals surface area contributed by atoms with Crippen molar-refractivity contribution in [3.8, 4) is 0 Å². The van der Waals surface area contributed by atoms with Crippen molar-refractivity contribution in [1.29, 1.82) is 0 Å². The molecule has 1 aliphatic rings. The average Bonchev–Trinajstić information content (AvgIpc) is 2.96. The molecule has 1 amide bonds. The molecule has 2 rings (SSSR count). The molecule has 16 heavy (non-hydrogen) atoms. The zero-order valence-corrected chi connectivity index (χ0v) is 9.61. The van der Waals surface area contributed by atoms with Gasteiger partial charge in [-0.1, -0.05) is 0 Å². The Kier molecular flexibility index (Phi) is 3.62. The molecule has 1 aromatic rings. The van der Waals surface area contributed by atoms with Gasteiger partial charge in [-0.3, -0.25) is 10.1 Å². The van der Waals surface area contributed by atoms with Crippen LogP contribution in [0.5, 0.6) is 0 Å². The number of nitrogens with one attached hydrogen (secondary N) is 1. The van der Waals surface area contributed by atoms with Crippen molar-refractivity contribution >= 4 is 5.91 Å². The lowest BCUT2D eigenvalue weighted by molar-refractivity contribution is -0.132. The second-order valence-electron chi connectivity index (χ2n) is 4.21. The van der Waals surface area contributed by atoms with Crippen LogP contribution in [0.2, 0.25) is 0 Å². The van der Waals surface area contributed by atoms with Crippen molar-refractivity contribution in [2.24, 2.45) is 0 Å². The van der Waals surface area contributed by atoms with Gasteiger partial charge in [-0.05, 0) is 31.9 Å². The Morgan fingerprint density at radius 1 is 1.56 bits per heavy atom. The average molecular weight is 222 g/mol. The van der Waals surface area contributed by atoms with E-state index in [2.05, 4.69) is 5.32 Å². The van der Waals surface area contributed by atoms with E-state index < -0.39 is 0 Å². The molecule has 1 saturated heterocycles. The highest BCUT2D eigenvalue weighted by Crippen LogP contribution is 2.09. The molecule has 0 aliphatic carbocycles. The molecule has 1 aliphatic heterocycles. The number of carbonyl (C=O) groups is 1. The molecular weight excluding hydrogens is 204 g/mol. The van der Waals surface area contributed by atoms with E-state index in [-0.39, 0.29) is 11.9 Å². The lowest BCUT2D eigenvalue weighted by atomic mass is 10.3. The predicted octanol–water partition coefficient (Wildman–Crippen LogP) is 1.38. The van der Waals surface area contributed by atoms with Crippen LogP contribution in [0.25, 0.3) is 0 Å². The molecule has 1 aromatic heterocycles. The van der Waals surface area contributed by atoms with Crippen LogP contribution >= 0.6 is 0 Å². The van der Waals surface area contributed by atoms with Crippen LogP contribution in [-0.4, -0.2) is 29.9 Å². The van der Waals surface area contributed by atoms with Gasteiger partial charge >= 0.3 is 0 Å². The normalized spacial score (nSPS) is 17.7.